The number of rotatable bonds is 7. The number of alkyl halides is 3. The average molecular weight is 396 g/mol. The molecule has 0 spiro atoms. The van der Waals surface area contributed by atoms with Gasteiger partial charge >= 0.3 is 12.1 Å². The Balaban J connectivity index is 2.01. The van der Waals surface area contributed by atoms with Gasteiger partial charge in [0.25, 0.3) is 0 Å². The van der Waals surface area contributed by atoms with Crippen molar-refractivity contribution in [2.45, 2.75) is 19.1 Å². The van der Waals surface area contributed by atoms with E-state index in [4.69, 9.17) is 9.47 Å². The second-order valence-electron chi connectivity index (χ2n) is 5.75. The third-order valence-corrected chi connectivity index (χ3v) is 3.81. The Morgan fingerprint density at radius 2 is 1.68 bits per heavy atom. The number of hydrogen-bond donors (Lipinski definition) is 2. The predicted molar refractivity (Wildman–Crippen MR) is 96.2 cm³/mol. The number of anilines is 1. The van der Waals surface area contributed by atoms with E-state index in [1.807, 2.05) is 0 Å². The smallest absolute Gasteiger partial charge is 0.471 e. The molecule has 0 saturated carbocycles. The molecule has 2 amide bonds. The highest BCUT2D eigenvalue weighted by Gasteiger charge is 2.38. The summed E-state index contributed by atoms with van der Waals surface area (Å²) in [5.74, 6) is -1.41. The molecule has 0 aliphatic carbocycles. The number of ether oxygens (including phenoxy) is 2. The average Bonchev–Trinajstić information content (AvgIpc) is 2.66. The van der Waals surface area contributed by atoms with E-state index in [0.29, 0.717) is 22.6 Å². The van der Waals surface area contributed by atoms with Crippen LogP contribution in [0.1, 0.15) is 11.1 Å². The summed E-state index contributed by atoms with van der Waals surface area (Å²) >= 11 is 0. The summed E-state index contributed by atoms with van der Waals surface area (Å²) in [4.78, 5) is 23.3. The molecule has 9 heteroatoms. The van der Waals surface area contributed by atoms with Crippen molar-refractivity contribution < 1.29 is 32.2 Å². The number of amides is 2. The van der Waals surface area contributed by atoms with Gasteiger partial charge in [-0.05, 0) is 29.3 Å². The number of benzene rings is 2. The molecule has 0 radical (unpaired) electrons. The van der Waals surface area contributed by atoms with Crippen LogP contribution in [0.2, 0.25) is 0 Å². The van der Waals surface area contributed by atoms with Crippen LogP contribution in [0.5, 0.6) is 11.5 Å². The lowest BCUT2D eigenvalue weighted by Gasteiger charge is -2.13. The van der Waals surface area contributed by atoms with Gasteiger partial charge in [0.2, 0.25) is 5.91 Å². The maximum absolute atomic E-state index is 12.4. The number of para-hydroxylation sites is 1. The Morgan fingerprint density at radius 3 is 2.32 bits per heavy atom. The molecule has 0 fully saturated rings. The normalized spacial score (nSPS) is 10.9. The van der Waals surface area contributed by atoms with Gasteiger partial charge in [-0.2, -0.15) is 13.2 Å². The van der Waals surface area contributed by atoms with Gasteiger partial charge in [-0.1, -0.05) is 24.3 Å². The lowest BCUT2D eigenvalue weighted by Crippen LogP contribution is -2.31. The highest BCUT2D eigenvalue weighted by atomic mass is 19.4. The molecule has 2 aromatic rings. The highest BCUT2D eigenvalue weighted by molar-refractivity contribution is 5.95. The maximum Gasteiger partial charge on any atom is 0.471 e. The van der Waals surface area contributed by atoms with E-state index < -0.39 is 12.1 Å². The SMILES string of the molecule is COc1ccc(CC(=O)NCc2ccccc2NC(=O)C(F)(F)F)cc1OC. The molecule has 0 aliphatic rings. The molecule has 6 nitrogen and oxygen atoms in total. The Kier molecular flexibility index (Phi) is 6.86. The minimum Gasteiger partial charge on any atom is -0.493 e. The first-order valence-corrected chi connectivity index (χ1v) is 8.18. The van der Waals surface area contributed by atoms with E-state index in [1.54, 1.807) is 29.6 Å². The van der Waals surface area contributed by atoms with Crippen molar-refractivity contribution in [2.24, 2.45) is 0 Å². The van der Waals surface area contributed by atoms with E-state index in [9.17, 15) is 22.8 Å². The van der Waals surface area contributed by atoms with Crippen LogP contribution in [-0.4, -0.2) is 32.2 Å². The fourth-order valence-electron chi connectivity index (χ4n) is 2.42. The van der Waals surface area contributed by atoms with Crippen molar-refractivity contribution in [3.8, 4) is 11.5 Å². The topological polar surface area (TPSA) is 76.7 Å². The zero-order valence-electron chi connectivity index (χ0n) is 15.2. The first-order valence-electron chi connectivity index (χ1n) is 8.18. The zero-order chi connectivity index (χ0) is 20.7. The van der Waals surface area contributed by atoms with Crippen molar-refractivity contribution in [1.82, 2.24) is 5.32 Å². The number of methoxy groups -OCH3 is 2. The lowest BCUT2D eigenvalue weighted by molar-refractivity contribution is -0.167. The molecule has 0 aliphatic heterocycles. The van der Waals surface area contributed by atoms with Crippen molar-refractivity contribution >= 4 is 17.5 Å². The molecule has 28 heavy (non-hydrogen) atoms. The minimum atomic E-state index is -5.00. The second kappa shape index (κ2) is 9.12. The van der Waals surface area contributed by atoms with Crippen LogP contribution >= 0.6 is 0 Å². The second-order valence-corrected chi connectivity index (χ2v) is 5.75. The van der Waals surface area contributed by atoms with E-state index >= 15 is 0 Å². The maximum atomic E-state index is 12.4. The molecule has 0 saturated heterocycles. The first kappa shape index (κ1) is 21.1. The summed E-state index contributed by atoms with van der Waals surface area (Å²) < 4.78 is 47.6. The summed E-state index contributed by atoms with van der Waals surface area (Å²) in [6.45, 7) is -0.0412. The highest BCUT2D eigenvalue weighted by Crippen LogP contribution is 2.27. The number of hydrogen-bond acceptors (Lipinski definition) is 4. The van der Waals surface area contributed by atoms with Gasteiger partial charge < -0.3 is 20.1 Å². The van der Waals surface area contributed by atoms with E-state index in [1.165, 1.54) is 32.4 Å². The molecule has 0 atom stereocenters. The molecular weight excluding hydrogens is 377 g/mol. The minimum absolute atomic E-state index is 0.0174. The zero-order valence-corrected chi connectivity index (χ0v) is 15.2. The number of carbonyl (C=O) groups excluding carboxylic acids is 2. The summed E-state index contributed by atoms with van der Waals surface area (Å²) in [5.41, 5.74) is 1.01. The number of carbonyl (C=O) groups is 2. The molecule has 2 N–H and O–H groups in total. The molecule has 2 rings (SSSR count). The molecule has 0 aromatic heterocycles. The molecule has 0 unspecified atom stereocenters. The van der Waals surface area contributed by atoms with Crippen LogP contribution < -0.4 is 20.1 Å². The van der Waals surface area contributed by atoms with Crippen LogP contribution in [0.3, 0.4) is 0 Å². The van der Waals surface area contributed by atoms with Gasteiger partial charge in [-0.3, -0.25) is 9.59 Å². The van der Waals surface area contributed by atoms with Crippen LogP contribution in [0.4, 0.5) is 18.9 Å². The summed E-state index contributed by atoms with van der Waals surface area (Å²) in [5, 5.41) is 4.43. The van der Waals surface area contributed by atoms with Crippen molar-refractivity contribution in [2.75, 3.05) is 19.5 Å². The summed E-state index contributed by atoms with van der Waals surface area (Å²) in [7, 11) is 2.98. The number of halogens is 3. The number of nitrogens with one attached hydrogen (secondary N) is 2. The van der Waals surface area contributed by atoms with Crippen LogP contribution in [0, 0.1) is 0 Å². The van der Waals surface area contributed by atoms with Gasteiger partial charge in [-0.25, -0.2) is 0 Å². The third kappa shape index (κ3) is 5.63. The van der Waals surface area contributed by atoms with Crippen molar-refractivity contribution in [3.05, 3.63) is 53.6 Å². The molecule has 150 valence electrons. The van der Waals surface area contributed by atoms with Crippen LogP contribution in [0.15, 0.2) is 42.5 Å². The van der Waals surface area contributed by atoms with E-state index in [0.717, 1.165) is 0 Å². The summed E-state index contributed by atoms with van der Waals surface area (Å²) in [6.07, 6.45) is -4.96. The third-order valence-electron chi connectivity index (χ3n) is 3.81. The fraction of sp³-hybridized carbons (Fsp3) is 0.263. The van der Waals surface area contributed by atoms with Gasteiger partial charge in [0.1, 0.15) is 0 Å². The Labute approximate surface area is 159 Å². The molecular formula is C19H19F3N2O4. The largest absolute Gasteiger partial charge is 0.493 e. The fourth-order valence-corrected chi connectivity index (χ4v) is 2.42. The van der Waals surface area contributed by atoms with Gasteiger partial charge in [0.05, 0.1) is 20.6 Å². The first-order chi connectivity index (χ1) is 13.2. The summed E-state index contributed by atoms with van der Waals surface area (Å²) in [6, 6.07) is 11.0. The van der Waals surface area contributed by atoms with E-state index in [-0.39, 0.29) is 24.6 Å². The molecule has 0 heterocycles. The van der Waals surface area contributed by atoms with Gasteiger partial charge in [0, 0.05) is 12.2 Å². The Bertz CT molecular complexity index is 853. The van der Waals surface area contributed by atoms with Crippen molar-refractivity contribution in [1.29, 1.82) is 0 Å². The van der Waals surface area contributed by atoms with E-state index in [2.05, 4.69) is 5.32 Å². The monoisotopic (exact) mass is 396 g/mol. The van der Waals surface area contributed by atoms with Crippen molar-refractivity contribution in [3.63, 3.8) is 0 Å². The predicted octanol–water partition coefficient (Wildman–Crippen LogP) is 3.06. The molecule has 0 bridgehead atoms. The lowest BCUT2D eigenvalue weighted by atomic mass is 10.1. The quantitative estimate of drug-likeness (QED) is 0.754. The van der Waals surface area contributed by atoms with Crippen LogP contribution in [0.25, 0.3) is 0 Å². The van der Waals surface area contributed by atoms with Gasteiger partial charge in [-0.15, -0.1) is 0 Å². The molecule has 2 aromatic carbocycles. The standard InChI is InChI=1S/C19H19F3N2O4/c1-27-15-8-7-12(9-16(15)28-2)10-17(25)23-11-13-5-3-4-6-14(13)24-18(26)19(20,21)22/h3-9H,10-11H2,1-2H3,(H,23,25)(H,24,26). The van der Waals surface area contributed by atoms with Crippen LogP contribution in [-0.2, 0) is 22.6 Å². The Hall–Kier alpha value is -3.23. The Morgan fingerprint density at radius 1 is 1.00 bits per heavy atom. The van der Waals surface area contributed by atoms with Gasteiger partial charge in [0.15, 0.2) is 11.5 Å².